The van der Waals surface area contributed by atoms with Gasteiger partial charge in [-0.15, -0.1) is 11.3 Å². The minimum Gasteiger partial charge on any atom is -0.355 e. The van der Waals surface area contributed by atoms with E-state index in [0.717, 1.165) is 19.0 Å². The second-order valence-electron chi connectivity index (χ2n) is 5.88. The minimum absolute atomic E-state index is 0.114. The van der Waals surface area contributed by atoms with Gasteiger partial charge in [0.15, 0.2) is 5.96 Å². The normalized spacial score (nSPS) is 12.0. The number of benzene rings is 1. The Balaban J connectivity index is 1.82. The molecule has 1 heterocycles. The lowest BCUT2D eigenvalue weighted by atomic mass is 10.3. The van der Waals surface area contributed by atoms with Crippen LogP contribution in [0, 0.1) is 10.1 Å². The van der Waals surface area contributed by atoms with E-state index >= 15 is 0 Å². The average molecular weight is 426 g/mol. The van der Waals surface area contributed by atoms with Crippen molar-refractivity contribution < 1.29 is 13.3 Å². The molecule has 1 aromatic heterocycles. The van der Waals surface area contributed by atoms with Gasteiger partial charge in [-0.1, -0.05) is 12.1 Å². The van der Waals surface area contributed by atoms with Crippen LogP contribution >= 0.6 is 11.3 Å². The standard InChI is InChI=1S/C17H23N5O4S2/c1-18-17(21(2)11-8-15-6-4-12-27-15)19-9-10-20-28(25,26)16-7-3-5-14(13-16)22(23)24/h3-7,12-13,20H,8-11H2,1-2H3,(H,18,19). The number of nitrogens with one attached hydrogen (secondary N) is 2. The largest absolute Gasteiger partial charge is 0.355 e. The number of thiophene rings is 1. The monoisotopic (exact) mass is 425 g/mol. The maximum atomic E-state index is 12.3. The van der Waals surface area contributed by atoms with Gasteiger partial charge in [-0.25, -0.2) is 13.1 Å². The number of hydrogen-bond donors (Lipinski definition) is 2. The Labute approximate surface area is 168 Å². The van der Waals surface area contributed by atoms with Crippen LogP contribution in [0.15, 0.2) is 51.7 Å². The van der Waals surface area contributed by atoms with Crippen LogP contribution in [0.25, 0.3) is 0 Å². The van der Waals surface area contributed by atoms with Gasteiger partial charge in [0.2, 0.25) is 10.0 Å². The molecule has 0 fully saturated rings. The summed E-state index contributed by atoms with van der Waals surface area (Å²) in [4.78, 5) is 17.5. The first-order valence-corrected chi connectivity index (χ1v) is 10.9. The first kappa shape index (κ1) is 21.8. The lowest BCUT2D eigenvalue weighted by Gasteiger charge is -2.21. The second-order valence-corrected chi connectivity index (χ2v) is 8.68. The van der Waals surface area contributed by atoms with Crippen LogP contribution in [-0.4, -0.2) is 57.9 Å². The van der Waals surface area contributed by atoms with Crippen LogP contribution in [0.2, 0.25) is 0 Å². The summed E-state index contributed by atoms with van der Waals surface area (Å²) in [6, 6.07) is 9.04. The number of nitrogens with zero attached hydrogens (tertiary/aromatic N) is 3. The molecule has 0 spiro atoms. The molecule has 0 radical (unpaired) electrons. The molecule has 2 aromatic rings. The van der Waals surface area contributed by atoms with Gasteiger partial charge in [0.25, 0.3) is 5.69 Å². The van der Waals surface area contributed by atoms with Gasteiger partial charge in [0.05, 0.1) is 9.82 Å². The number of likely N-dealkylation sites (N-methyl/N-ethyl adjacent to an activating group) is 1. The van der Waals surface area contributed by atoms with E-state index in [0.29, 0.717) is 12.5 Å². The molecule has 9 nitrogen and oxygen atoms in total. The van der Waals surface area contributed by atoms with Crippen LogP contribution < -0.4 is 10.0 Å². The van der Waals surface area contributed by atoms with Gasteiger partial charge >= 0.3 is 0 Å². The number of nitro benzene ring substituents is 1. The summed E-state index contributed by atoms with van der Waals surface area (Å²) in [6.07, 6.45) is 0.897. The van der Waals surface area contributed by atoms with Gasteiger partial charge in [-0.3, -0.25) is 15.1 Å². The molecule has 2 rings (SSSR count). The van der Waals surface area contributed by atoms with Crippen molar-refractivity contribution in [2.24, 2.45) is 4.99 Å². The molecular formula is C17H23N5O4S2. The molecule has 0 saturated carbocycles. The third-order valence-corrected chi connectivity index (χ3v) is 6.28. The molecule has 0 unspecified atom stereocenters. The molecule has 0 aliphatic heterocycles. The number of nitro groups is 1. The van der Waals surface area contributed by atoms with Crippen LogP contribution in [0.5, 0.6) is 0 Å². The van der Waals surface area contributed by atoms with E-state index in [1.165, 1.54) is 23.1 Å². The molecule has 0 aliphatic rings. The maximum Gasteiger partial charge on any atom is 0.270 e. The highest BCUT2D eigenvalue weighted by molar-refractivity contribution is 7.89. The van der Waals surface area contributed by atoms with E-state index in [-0.39, 0.29) is 17.1 Å². The molecule has 11 heteroatoms. The summed E-state index contributed by atoms with van der Waals surface area (Å²) < 4.78 is 27.0. The number of hydrogen-bond acceptors (Lipinski definition) is 6. The molecular weight excluding hydrogens is 402 g/mol. The van der Waals surface area contributed by atoms with Crippen molar-refractivity contribution in [3.05, 3.63) is 56.8 Å². The van der Waals surface area contributed by atoms with Gasteiger partial charge in [0, 0.05) is 50.7 Å². The summed E-state index contributed by atoms with van der Waals surface area (Å²) in [7, 11) is -0.251. The lowest BCUT2D eigenvalue weighted by molar-refractivity contribution is -0.385. The lowest BCUT2D eigenvalue weighted by Crippen LogP contribution is -2.43. The Kier molecular flexibility index (Phi) is 7.91. The van der Waals surface area contributed by atoms with E-state index in [1.54, 1.807) is 18.4 Å². The van der Waals surface area contributed by atoms with Gasteiger partial charge in [0.1, 0.15) is 0 Å². The summed E-state index contributed by atoms with van der Waals surface area (Å²) in [5.74, 6) is 0.658. The highest BCUT2D eigenvalue weighted by atomic mass is 32.2. The Morgan fingerprint density at radius 3 is 2.71 bits per heavy atom. The number of guanidine groups is 1. The quantitative estimate of drug-likeness (QED) is 0.208. The van der Waals surface area contributed by atoms with E-state index in [9.17, 15) is 18.5 Å². The van der Waals surface area contributed by atoms with Crippen molar-refractivity contribution in [1.82, 2.24) is 14.9 Å². The fourth-order valence-corrected chi connectivity index (χ4v) is 4.20. The SMILES string of the molecule is CN=C(NCCNS(=O)(=O)c1cccc([N+](=O)[O-])c1)N(C)CCc1cccs1. The van der Waals surface area contributed by atoms with Crippen molar-refractivity contribution in [2.45, 2.75) is 11.3 Å². The van der Waals surface area contributed by atoms with Crippen molar-refractivity contribution in [3.63, 3.8) is 0 Å². The molecule has 0 bridgehead atoms. The predicted octanol–water partition coefficient (Wildman–Crippen LogP) is 1.68. The summed E-state index contributed by atoms with van der Waals surface area (Å²) in [5.41, 5.74) is -0.270. The van der Waals surface area contributed by atoms with Gasteiger partial charge < -0.3 is 10.2 Å². The van der Waals surface area contributed by atoms with Crippen LogP contribution in [0.4, 0.5) is 5.69 Å². The minimum atomic E-state index is -3.83. The zero-order valence-electron chi connectivity index (χ0n) is 15.7. The highest BCUT2D eigenvalue weighted by Gasteiger charge is 2.17. The fraction of sp³-hybridized carbons (Fsp3) is 0.353. The average Bonchev–Trinajstić information content (AvgIpc) is 3.20. The molecule has 0 amide bonds. The molecule has 28 heavy (non-hydrogen) atoms. The Morgan fingerprint density at radius 2 is 2.07 bits per heavy atom. The first-order chi connectivity index (χ1) is 13.3. The number of non-ortho nitro benzene ring substituents is 1. The Morgan fingerprint density at radius 1 is 1.29 bits per heavy atom. The Bertz CT molecular complexity index is 913. The predicted molar refractivity (Wildman–Crippen MR) is 110 cm³/mol. The van der Waals surface area contributed by atoms with E-state index in [2.05, 4.69) is 21.1 Å². The maximum absolute atomic E-state index is 12.3. The fourth-order valence-electron chi connectivity index (χ4n) is 2.43. The second kappa shape index (κ2) is 10.2. The topological polar surface area (TPSA) is 117 Å². The first-order valence-electron chi connectivity index (χ1n) is 8.52. The van der Waals surface area contributed by atoms with Crippen LogP contribution in [0.3, 0.4) is 0 Å². The molecule has 2 N–H and O–H groups in total. The molecule has 1 aromatic carbocycles. The number of aliphatic imine (C=N–C) groups is 1. The van der Waals surface area contributed by atoms with Crippen molar-refractivity contribution in [2.75, 3.05) is 33.7 Å². The Hall–Kier alpha value is -2.50. The zero-order chi connectivity index (χ0) is 20.6. The van der Waals surface area contributed by atoms with Crippen molar-refractivity contribution >= 4 is 33.0 Å². The molecule has 0 aliphatic carbocycles. The van der Waals surface area contributed by atoms with Crippen LogP contribution in [0.1, 0.15) is 4.88 Å². The van der Waals surface area contributed by atoms with Crippen LogP contribution in [-0.2, 0) is 16.4 Å². The van der Waals surface area contributed by atoms with E-state index in [1.807, 2.05) is 23.4 Å². The summed E-state index contributed by atoms with van der Waals surface area (Å²) in [5, 5.41) is 15.9. The third-order valence-electron chi connectivity index (χ3n) is 3.89. The molecule has 0 saturated heterocycles. The van der Waals surface area contributed by atoms with Gasteiger partial charge in [-0.05, 0) is 23.9 Å². The van der Waals surface area contributed by atoms with Crippen molar-refractivity contribution in [3.8, 4) is 0 Å². The van der Waals surface area contributed by atoms with E-state index in [4.69, 9.17) is 0 Å². The van der Waals surface area contributed by atoms with E-state index < -0.39 is 14.9 Å². The zero-order valence-corrected chi connectivity index (χ0v) is 17.3. The molecule has 152 valence electrons. The highest BCUT2D eigenvalue weighted by Crippen LogP contribution is 2.16. The number of rotatable bonds is 9. The van der Waals surface area contributed by atoms with Crippen molar-refractivity contribution in [1.29, 1.82) is 0 Å². The molecule has 0 atom stereocenters. The summed E-state index contributed by atoms with van der Waals surface area (Å²) >= 11 is 1.70. The smallest absolute Gasteiger partial charge is 0.270 e. The third kappa shape index (κ3) is 6.29. The summed E-state index contributed by atoms with van der Waals surface area (Å²) in [6.45, 7) is 1.21. The van der Waals surface area contributed by atoms with Gasteiger partial charge in [-0.2, -0.15) is 0 Å². The number of sulfonamides is 1.